The van der Waals surface area contributed by atoms with Gasteiger partial charge in [-0.15, -0.1) is 0 Å². The topological polar surface area (TPSA) is 84.4 Å². The summed E-state index contributed by atoms with van der Waals surface area (Å²) in [5, 5.41) is 2.44. The lowest BCUT2D eigenvalue weighted by atomic mass is 9.98. The van der Waals surface area contributed by atoms with Crippen molar-refractivity contribution >= 4 is 34.8 Å². The summed E-state index contributed by atoms with van der Waals surface area (Å²) in [6.45, 7) is 1.17. The highest BCUT2D eigenvalue weighted by atomic mass is 35.5. The predicted molar refractivity (Wildman–Crippen MR) is 115 cm³/mol. The molecule has 0 radical (unpaired) electrons. The Bertz CT molecular complexity index is 1240. The zero-order valence-electron chi connectivity index (χ0n) is 17.0. The van der Waals surface area contributed by atoms with Gasteiger partial charge in [-0.05, 0) is 25.1 Å². The van der Waals surface area contributed by atoms with E-state index in [1.54, 1.807) is 6.92 Å². The number of hydrogen-bond acceptors (Lipinski definition) is 5. The first-order valence-electron chi connectivity index (χ1n) is 9.54. The van der Waals surface area contributed by atoms with Crippen LogP contribution in [0.25, 0.3) is 11.1 Å². The lowest BCUT2D eigenvalue weighted by molar-refractivity contribution is -0.122. The molecule has 1 aliphatic rings. The van der Waals surface area contributed by atoms with Crippen molar-refractivity contribution in [3.63, 3.8) is 0 Å². The van der Waals surface area contributed by atoms with Gasteiger partial charge in [0, 0.05) is 35.1 Å². The number of halogens is 3. The molecular weight excluding hydrogens is 442 g/mol. The highest BCUT2D eigenvalue weighted by Gasteiger charge is 2.35. The summed E-state index contributed by atoms with van der Waals surface area (Å²) in [7, 11) is 1.37. The number of carbonyl (C=O) groups is 2. The molecule has 0 saturated carbocycles. The second-order valence-corrected chi connectivity index (χ2v) is 7.56. The van der Waals surface area contributed by atoms with Crippen LogP contribution in [-0.4, -0.2) is 35.4 Å². The highest BCUT2D eigenvalue weighted by molar-refractivity contribution is 6.30. The Balaban J connectivity index is 1.77. The van der Waals surface area contributed by atoms with Crippen LogP contribution in [0.3, 0.4) is 0 Å². The van der Waals surface area contributed by atoms with Gasteiger partial charge < -0.3 is 15.0 Å². The van der Waals surface area contributed by atoms with Crippen molar-refractivity contribution in [1.29, 1.82) is 0 Å². The van der Waals surface area contributed by atoms with Crippen molar-refractivity contribution in [3.05, 3.63) is 65.2 Å². The fourth-order valence-electron chi connectivity index (χ4n) is 3.59. The molecule has 2 amide bonds. The average molecular weight is 459 g/mol. The molecule has 3 aromatic rings. The largest absolute Gasteiger partial charge is 0.497 e. The molecule has 4 rings (SSSR count). The van der Waals surface area contributed by atoms with Gasteiger partial charge in [-0.2, -0.15) is 0 Å². The van der Waals surface area contributed by atoms with Gasteiger partial charge in [0.1, 0.15) is 30.3 Å². The zero-order chi connectivity index (χ0) is 23.0. The summed E-state index contributed by atoms with van der Waals surface area (Å²) in [5.74, 6) is -3.02. The summed E-state index contributed by atoms with van der Waals surface area (Å²) in [4.78, 5) is 35.4. The number of benzene rings is 2. The number of ether oxygens (including phenoxy) is 1. The SMILES string of the molecule is COc1cc(F)c2c(c1)N(CC(=O)Nc1ccc(Cl)c(F)c1)C(=O)[C@@H](C)c1ncncc1-2. The van der Waals surface area contributed by atoms with Gasteiger partial charge >= 0.3 is 0 Å². The van der Waals surface area contributed by atoms with Crippen molar-refractivity contribution in [2.45, 2.75) is 12.8 Å². The van der Waals surface area contributed by atoms with Gasteiger partial charge in [-0.25, -0.2) is 18.7 Å². The first-order valence-corrected chi connectivity index (χ1v) is 9.92. The number of anilines is 2. The zero-order valence-corrected chi connectivity index (χ0v) is 17.8. The van der Waals surface area contributed by atoms with Crippen LogP contribution in [0.5, 0.6) is 5.75 Å². The van der Waals surface area contributed by atoms with Crippen molar-refractivity contribution in [2.75, 3.05) is 23.9 Å². The standard InChI is InChI=1S/C22H17ClF2N4O3/c1-11-21-14(8-26-10-27-21)20-17(25)6-13(32-2)7-18(20)29(22(11)31)9-19(30)28-12-3-4-15(23)16(24)5-12/h3-8,10-11H,9H2,1-2H3,(H,28,30)/t11-/m0/s1. The molecule has 0 fully saturated rings. The first-order chi connectivity index (χ1) is 15.3. The average Bonchev–Trinajstić information content (AvgIpc) is 2.86. The van der Waals surface area contributed by atoms with E-state index >= 15 is 4.39 Å². The molecule has 10 heteroatoms. The lowest BCUT2D eigenvalue weighted by Crippen LogP contribution is -2.40. The van der Waals surface area contributed by atoms with Gasteiger partial charge in [-0.1, -0.05) is 11.6 Å². The molecule has 0 saturated heterocycles. The van der Waals surface area contributed by atoms with Gasteiger partial charge in [-0.3, -0.25) is 9.59 Å². The van der Waals surface area contributed by atoms with Crippen LogP contribution in [0.4, 0.5) is 20.2 Å². The van der Waals surface area contributed by atoms with Crippen LogP contribution >= 0.6 is 11.6 Å². The van der Waals surface area contributed by atoms with E-state index < -0.39 is 35.9 Å². The third-order valence-electron chi connectivity index (χ3n) is 5.13. The molecule has 0 unspecified atom stereocenters. The van der Waals surface area contributed by atoms with E-state index in [1.165, 1.54) is 43.9 Å². The van der Waals surface area contributed by atoms with Crippen LogP contribution < -0.4 is 15.0 Å². The molecule has 164 valence electrons. The molecule has 0 aliphatic carbocycles. The minimum Gasteiger partial charge on any atom is -0.497 e. The minimum atomic E-state index is -0.772. The van der Waals surface area contributed by atoms with E-state index in [9.17, 15) is 14.0 Å². The number of methoxy groups -OCH3 is 1. The van der Waals surface area contributed by atoms with Crippen LogP contribution in [0.15, 0.2) is 42.9 Å². The number of hydrogen-bond donors (Lipinski definition) is 1. The highest BCUT2D eigenvalue weighted by Crippen LogP contribution is 2.43. The number of amides is 2. The van der Waals surface area contributed by atoms with Gasteiger partial charge in [0.2, 0.25) is 11.8 Å². The molecule has 2 aromatic carbocycles. The Morgan fingerprint density at radius 2 is 2.03 bits per heavy atom. The summed E-state index contributed by atoms with van der Waals surface area (Å²) in [5.41, 5.74) is 1.09. The quantitative estimate of drug-likeness (QED) is 0.634. The summed E-state index contributed by atoms with van der Waals surface area (Å²) in [6, 6.07) is 6.45. The third kappa shape index (κ3) is 3.87. The Kier molecular flexibility index (Phi) is 5.75. The van der Waals surface area contributed by atoms with Crippen molar-refractivity contribution in [1.82, 2.24) is 9.97 Å². The van der Waals surface area contributed by atoms with Crippen LogP contribution in [-0.2, 0) is 9.59 Å². The van der Waals surface area contributed by atoms with Crippen molar-refractivity contribution in [3.8, 4) is 16.9 Å². The fraction of sp³-hybridized carbons (Fsp3) is 0.182. The molecule has 1 aromatic heterocycles. The maximum atomic E-state index is 15.1. The molecule has 7 nitrogen and oxygen atoms in total. The Hall–Kier alpha value is -3.59. The van der Waals surface area contributed by atoms with E-state index in [0.717, 1.165) is 11.0 Å². The monoisotopic (exact) mass is 458 g/mol. The Morgan fingerprint density at radius 3 is 2.75 bits per heavy atom. The molecule has 0 spiro atoms. The molecule has 1 aliphatic heterocycles. The first kappa shape index (κ1) is 21.6. The Labute approximate surface area is 187 Å². The van der Waals surface area contributed by atoms with E-state index in [-0.39, 0.29) is 27.7 Å². The van der Waals surface area contributed by atoms with Crippen LogP contribution in [0, 0.1) is 11.6 Å². The van der Waals surface area contributed by atoms with Crippen LogP contribution in [0.1, 0.15) is 18.5 Å². The molecule has 1 atom stereocenters. The summed E-state index contributed by atoms with van der Waals surface area (Å²) < 4.78 is 34.0. The predicted octanol–water partition coefficient (Wildman–Crippen LogP) is 4.17. The molecule has 32 heavy (non-hydrogen) atoms. The molecule has 2 heterocycles. The summed E-state index contributed by atoms with van der Waals surface area (Å²) in [6.07, 6.45) is 2.71. The van der Waals surface area contributed by atoms with Gasteiger partial charge in [0.15, 0.2) is 0 Å². The minimum absolute atomic E-state index is 0.0874. The van der Waals surface area contributed by atoms with E-state index in [0.29, 0.717) is 11.3 Å². The summed E-state index contributed by atoms with van der Waals surface area (Å²) >= 11 is 5.67. The second kappa shape index (κ2) is 8.51. The van der Waals surface area contributed by atoms with Gasteiger partial charge in [0.05, 0.1) is 29.4 Å². The second-order valence-electron chi connectivity index (χ2n) is 7.15. The van der Waals surface area contributed by atoms with E-state index in [1.807, 2.05) is 0 Å². The van der Waals surface area contributed by atoms with E-state index in [4.69, 9.17) is 16.3 Å². The smallest absolute Gasteiger partial charge is 0.244 e. The lowest BCUT2D eigenvalue weighted by Gasteiger charge is -2.25. The maximum absolute atomic E-state index is 15.1. The van der Waals surface area contributed by atoms with Crippen molar-refractivity contribution in [2.24, 2.45) is 0 Å². The fourth-order valence-corrected chi connectivity index (χ4v) is 3.71. The van der Waals surface area contributed by atoms with E-state index in [2.05, 4.69) is 15.3 Å². The molecular formula is C22H17ClF2N4O3. The number of nitrogens with zero attached hydrogens (tertiary/aromatic N) is 3. The Morgan fingerprint density at radius 1 is 1.25 bits per heavy atom. The molecule has 0 bridgehead atoms. The number of aromatic nitrogens is 2. The number of carbonyl (C=O) groups excluding carboxylic acids is 2. The number of fused-ring (bicyclic) bond motifs is 3. The molecule has 1 N–H and O–H groups in total. The van der Waals surface area contributed by atoms with Gasteiger partial charge in [0.25, 0.3) is 0 Å². The van der Waals surface area contributed by atoms with Crippen LogP contribution in [0.2, 0.25) is 5.02 Å². The normalized spacial score (nSPS) is 15.0. The number of nitrogens with one attached hydrogen (secondary N) is 1. The maximum Gasteiger partial charge on any atom is 0.244 e. The third-order valence-corrected chi connectivity index (χ3v) is 5.44. The number of rotatable bonds is 4. The van der Waals surface area contributed by atoms with Crippen molar-refractivity contribution < 1.29 is 23.1 Å².